The van der Waals surface area contributed by atoms with Crippen LogP contribution < -0.4 is 30.5 Å². The average Bonchev–Trinajstić information content (AvgIpc) is 3.45. The third-order valence-electron chi connectivity index (χ3n) is 12.8. The molecule has 5 saturated heterocycles. The fraction of sp³-hybridized carbons (Fsp3) is 0.465. The van der Waals surface area contributed by atoms with Gasteiger partial charge in [-0.25, -0.2) is 4.98 Å². The molecule has 6 fully saturated rings. The quantitative estimate of drug-likeness (QED) is 0.158. The molecule has 2 bridgehead atoms. The summed E-state index contributed by atoms with van der Waals surface area (Å²) in [7, 11) is 0. The molecule has 3 aromatic rings. The molecule has 61 heavy (non-hydrogen) atoms. The van der Waals surface area contributed by atoms with Crippen LogP contribution in [0.3, 0.4) is 0 Å². The number of amides is 4. The van der Waals surface area contributed by atoms with E-state index in [-0.39, 0.29) is 53.1 Å². The Morgan fingerprint density at radius 1 is 1.08 bits per heavy atom. The number of benzene rings is 2. The van der Waals surface area contributed by atoms with Gasteiger partial charge in [-0.3, -0.25) is 39.2 Å². The Hall–Kier alpha value is -5.64. The number of piperidine rings is 3. The molecule has 6 aliphatic rings. The van der Waals surface area contributed by atoms with Gasteiger partial charge in [-0.15, -0.1) is 0 Å². The molecule has 2 aromatic carbocycles. The maximum atomic E-state index is 14.0. The van der Waals surface area contributed by atoms with Crippen molar-refractivity contribution in [2.75, 3.05) is 53.2 Å². The number of nitrogens with one attached hydrogen (secondary N) is 3. The summed E-state index contributed by atoms with van der Waals surface area (Å²) in [6.45, 7) is 7.07. The molecule has 3 atom stereocenters. The van der Waals surface area contributed by atoms with Gasteiger partial charge in [-0.05, 0) is 112 Å². The number of rotatable bonds is 12. The Morgan fingerprint density at radius 3 is 2.56 bits per heavy atom. The van der Waals surface area contributed by atoms with Crippen LogP contribution in [0, 0.1) is 11.3 Å². The summed E-state index contributed by atoms with van der Waals surface area (Å²) in [5.41, 5.74) is -0.521. The molecule has 14 nitrogen and oxygen atoms in total. The van der Waals surface area contributed by atoms with Gasteiger partial charge in [-0.1, -0.05) is 13.0 Å². The van der Waals surface area contributed by atoms with Crippen molar-refractivity contribution in [3.8, 4) is 11.8 Å². The zero-order valence-corrected chi connectivity index (χ0v) is 34.6. The first kappa shape index (κ1) is 42.1. The van der Waals surface area contributed by atoms with E-state index in [1.54, 1.807) is 23.1 Å². The second-order valence-electron chi connectivity index (χ2n) is 16.7. The van der Waals surface area contributed by atoms with Gasteiger partial charge in [0.15, 0.2) is 10.8 Å². The van der Waals surface area contributed by atoms with Gasteiger partial charge >= 0.3 is 6.18 Å². The van der Waals surface area contributed by atoms with E-state index in [0.717, 1.165) is 55.1 Å². The molecule has 18 heteroatoms. The van der Waals surface area contributed by atoms with Gasteiger partial charge in [-0.2, -0.15) is 18.4 Å². The minimum Gasteiger partial charge on any atom is -0.492 e. The first-order valence-electron chi connectivity index (χ1n) is 20.5. The third kappa shape index (κ3) is 8.02. The fourth-order valence-corrected chi connectivity index (χ4v) is 9.84. The normalized spacial score (nSPS) is 23.8. The van der Waals surface area contributed by atoms with E-state index in [4.69, 9.17) is 17.0 Å². The topological polar surface area (TPSA) is 163 Å². The summed E-state index contributed by atoms with van der Waals surface area (Å²) < 4.78 is 47.9. The number of imide groups is 1. The number of hydrogen-bond acceptors (Lipinski definition) is 11. The van der Waals surface area contributed by atoms with Crippen LogP contribution in [0.4, 0.5) is 35.9 Å². The molecule has 1 aromatic heterocycles. The van der Waals surface area contributed by atoms with Crippen LogP contribution in [-0.2, 0) is 31.8 Å². The molecule has 5 aliphatic heterocycles. The highest BCUT2D eigenvalue weighted by Gasteiger charge is 2.60. The molecule has 4 amide bonds. The molecule has 0 radical (unpaired) electrons. The second-order valence-corrected chi connectivity index (χ2v) is 17.0. The zero-order chi connectivity index (χ0) is 43.3. The van der Waals surface area contributed by atoms with Crippen LogP contribution >= 0.6 is 12.2 Å². The number of nitrogens with zero attached hydrogens (tertiary/aromatic N) is 6. The molecular weight excluding hydrogens is 812 g/mol. The van der Waals surface area contributed by atoms with Crippen LogP contribution in [0.5, 0.6) is 5.75 Å². The van der Waals surface area contributed by atoms with E-state index in [1.165, 1.54) is 6.07 Å². The lowest BCUT2D eigenvalue weighted by molar-refractivity contribution is -0.138. The van der Waals surface area contributed by atoms with Gasteiger partial charge in [0.05, 0.1) is 24.0 Å². The number of anilines is 4. The molecule has 1 spiro atoms. The molecule has 1 saturated carbocycles. The van der Waals surface area contributed by atoms with Crippen molar-refractivity contribution in [1.29, 1.82) is 5.26 Å². The number of hydrogen-bond donors (Lipinski definition) is 3. The highest BCUT2D eigenvalue weighted by molar-refractivity contribution is 7.81. The largest absolute Gasteiger partial charge is 0.492 e. The maximum absolute atomic E-state index is 14.0. The zero-order valence-electron chi connectivity index (χ0n) is 33.8. The first-order chi connectivity index (χ1) is 29.1. The van der Waals surface area contributed by atoms with Gasteiger partial charge < -0.3 is 20.3 Å². The average molecular weight is 858 g/mol. The highest BCUT2D eigenvalue weighted by atomic mass is 32.1. The van der Waals surface area contributed by atoms with Gasteiger partial charge in [0, 0.05) is 54.7 Å². The molecule has 6 heterocycles. The number of thiocarbonyl (C=S) groups is 1. The summed E-state index contributed by atoms with van der Waals surface area (Å²) in [5.74, 6) is -0.502. The van der Waals surface area contributed by atoms with E-state index >= 15 is 0 Å². The summed E-state index contributed by atoms with van der Waals surface area (Å²) in [5, 5.41) is 17.8. The lowest BCUT2D eigenvalue weighted by atomic mass is 9.75. The van der Waals surface area contributed by atoms with Crippen LogP contribution in [-0.4, -0.2) is 99.5 Å². The number of piperazine rings is 1. The monoisotopic (exact) mass is 857 g/mol. The van der Waals surface area contributed by atoms with Crippen LogP contribution in [0.2, 0.25) is 0 Å². The summed E-state index contributed by atoms with van der Waals surface area (Å²) in [6.07, 6.45) is 1.19. The number of alkyl halides is 3. The third-order valence-corrected chi connectivity index (χ3v) is 13.1. The number of aromatic nitrogens is 1. The maximum Gasteiger partial charge on any atom is 0.419 e. The van der Waals surface area contributed by atoms with Crippen molar-refractivity contribution in [3.63, 3.8) is 0 Å². The van der Waals surface area contributed by atoms with Gasteiger partial charge in [0.25, 0.3) is 5.91 Å². The minimum absolute atomic E-state index is 0.0495. The van der Waals surface area contributed by atoms with Crippen molar-refractivity contribution in [2.45, 2.75) is 94.6 Å². The number of aryl methyl sites for hydroxylation is 1. The van der Waals surface area contributed by atoms with Crippen molar-refractivity contribution in [1.82, 2.24) is 20.1 Å². The number of pyridine rings is 1. The number of carbonyl (C=O) groups excluding carboxylic acids is 4. The van der Waals surface area contributed by atoms with E-state index in [2.05, 4.69) is 37.7 Å². The van der Waals surface area contributed by atoms with Gasteiger partial charge in [0.1, 0.15) is 30.0 Å². The summed E-state index contributed by atoms with van der Waals surface area (Å²) >= 11 is 5.81. The van der Waals surface area contributed by atoms with E-state index in [0.29, 0.717) is 61.6 Å². The van der Waals surface area contributed by atoms with Crippen LogP contribution in [0.15, 0.2) is 54.7 Å². The summed E-state index contributed by atoms with van der Waals surface area (Å²) in [6, 6.07) is 14.7. The predicted molar refractivity (Wildman–Crippen MR) is 224 cm³/mol. The first-order valence-corrected chi connectivity index (χ1v) is 20.9. The molecule has 9 rings (SSSR count). The number of carbonyl (C=O) groups is 4. The number of halogens is 3. The molecule has 1 unspecified atom stereocenters. The Bertz CT molecular complexity index is 2330. The highest BCUT2D eigenvalue weighted by Crippen LogP contribution is 2.49. The molecule has 1 aliphatic carbocycles. The smallest absolute Gasteiger partial charge is 0.419 e. The predicted octanol–water partition coefficient (Wildman–Crippen LogP) is 5.37. The van der Waals surface area contributed by atoms with Crippen LogP contribution in [0.1, 0.15) is 75.6 Å². The van der Waals surface area contributed by atoms with E-state index < -0.39 is 34.9 Å². The standard InChI is InChI=1S/C43H46F3N9O5S/c1-3-26-18-29(55-40(61)54(39(59)42(55)13-5-14-42)31-20-32(43(44,45)46)34(21-47)48-22-31)8-10-35(26)60-17-16-53-23-30-12-15-41(53,2)25-52(30)24-37(57)50-28-7-4-6-27(19-28)49-33-9-11-36(56)51-38(33)58/h4,6-8,10,18-20,22,30,33,49H,3,5,9,11-17,23-25H2,1-2H3,(H,50,57)(H,51,56,58)/t30-,33?,41-/m1/s1. The SMILES string of the molecule is CCc1cc(N2C(=S)N(c3cnc(C#N)c(C(F)(F)F)c3)C(=O)C23CCC3)ccc1OCCN1C[C@H]2CC[C@]1(C)CN2CC(=O)Nc1cccc(NC2CCC(=O)NC2=O)c1. The van der Waals surface area contributed by atoms with Crippen molar-refractivity contribution < 1.29 is 37.1 Å². The second kappa shape index (κ2) is 16.3. The Labute approximate surface area is 356 Å². The van der Waals surface area contributed by atoms with Crippen LogP contribution in [0.25, 0.3) is 0 Å². The summed E-state index contributed by atoms with van der Waals surface area (Å²) in [4.78, 5) is 62.3. The fourth-order valence-electron chi connectivity index (χ4n) is 9.37. The number of nitriles is 1. The van der Waals surface area contributed by atoms with Crippen molar-refractivity contribution in [2.24, 2.45) is 0 Å². The Balaban J connectivity index is 0.880. The van der Waals surface area contributed by atoms with E-state index in [1.807, 2.05) is 31.2 Å². The molecule has 3 N–H and O–H groups in total. The molecule has 320 valence electrons. The number of ether oxygens (including phenoxy) is 1. The molecular formula is C43H46F3N9O5S. The van der Waals surface area contributed by atoms with Crippen molar-refractivity contribution in [3.05, 3.63) is 71.5 Å². The lowest BCUT2D eigenvalue weighted by Gasteiger charge is -2.57. The van der Waals surface area contributed by atoms with Crippen molar-refractivity contribution >= 4 is 63.7 Å². The van der Waals surface area contributed by atoms with E-state index in [9.17, 15) is 37.6 Å². The lowest BCUT2D eigenvalue weighted by Crippen LogP contribution is -2.69. The minimum atomic E-state index is -4.85. The van der Waals surface area contributed by atoms with Gasteiger partial charge in [0.2, 0.25) is 17.7 Å². The number of fused-ring (bicyclic) bond motifs is 3. The Kier molecular flexibility index (Phi) is 11.3. The Morgan fingerprint density at radius 2 is 1.87 bits per heavy atom.